The van der Waals surface area contributed by atoms with Crippen molar-refractivity contribution in [2.45, 2.75) is 0 Å². The van der Waals surface area contributed by atoms with Crippen LogP contribution in [0.3, 0.4) is 0 Å². The SMILES string of the molecule is COC(=O)c1ccc(C=S(=O)=O)c(C=C[N+](=O)[O-])c1Cl. The monoisotopic (exact) mass is 317 g/mol. The van der Waals surface area contributed by atoms with E-state index >= 15 is 0 Å². The van der Waals surface area contributed by atoms with E-state index in [0.29, 0.717) is 6.20 Å². The Hall–Kier alpha value is -2.19. The lowest BCUT2D eigenvalue weighted by atomic mass is 10.0. The Balaban J connectivity index is 3.57. The fourth-order valence-electron chi connectivity index (χ4n) is 1.39. The fraction of sp³-hybridized carbons (Fsp3) is 0.0909. The van der Waals surface area contributed by atoms with Crippen LogP contribution in [-0.2, 0) is 15.0 Å². The lowest BCUT2D eigenvalue weighted by molar-refractivity contribution is -0.400. The summed E-state index contributed by atoms with van der Waals surface area (Å²) in [6.45, 7) is 0. The Morgan fingerprint density at radius 2 is 2.10 bits per heavy atom. The van der Waals surface area contributed by atoms with E-state index in [2.05, 4.69) is 4.74 Å². The van der Waals surface area contributed by atoms with Crippen LogP contribution >= 0.6 is 11.6 Å². The first-order valence-electron chi connectivity index (χ1n) is 5.02. The predicted octanol–water partition coefficient (Wildman–Crippen LogP) is 1.40. The van der Waals surface area contributed by atoms with Gasteiger partial charge in [0.05, 0.1) is 28.0 Å². The second-order valence-electron chi connectivity index (χ2n) is 3.40. The molecule has 0 unspecified atom stereocenters. The molecule has 9 heteroatoms. The molecule has 0 N–H and O–H groups in total. The Bertz CT molecular complexity index is 715. The highest BCUT2D eigenvalue weighted by Crippen LogP contribution is 2.26. The molecule has 0 saturated carbocycles. The number of rotatable bonds is 4. The minimum atomic E-state index is -2.52. The molecule has 0 aliphatic rings. The van der Waals surface area contributed by atoms with E-state index in [4.69, 9.17) is 11.6 Å². The van der Waals surface area contributed by atoms with E-state index in [0.717, 1.165) is 18.6 Å². The van der Waals surface area contributed by atoms with Gasteiger partial charge >= 0.3 is 5.97 Å². The molecule has 0 heterocycles. The predicted molar refractivity (Wildman–Crippen MR) is 72.9 cm³/mol. The Morgan fingerprint density at radius 3 is 2.60 bits per heavy atom. The molecule has 1 rings (SSSR count). The number of halogens is 1. The summed E-state index contributed by atoms with van der Waals surface area (Å²) in [5, 5.41) is 11.0. The van der Waals surface area contributed by atoms with Gasteiger partial charge in [0.15, 0.2) is 0 Å². The van der Waals surface area contributed by atoms with Gasteiger partial charge in [-0.3, -0.25) is 10.1 Å². The van der Waals surface area contributed by atoms with Crippen molar-refractivity contribution in [1.82, 2.24) is 0 Å². The average molecular weight is 318 g/mol. The molecule has 0 aliphatic heterocycles. The number of nitrogens with zero attached hydrogens (tertiary/aromatic N) is 1. The van der Waals surface area contributed by atoms with Crippen LogP contribution in [0.15, 0.2) is 18.3 Å². The lowest BCUT2D eigenvalue weighted by Gasteiger charge is -2.07. The van der Waals surface area contributed by atoms with Crippen molar-refractivity contribution in [2.75, 3.05) is 7.11 Å². The third-order valence-electron chi connectivity index (χ3n) is 2.20. The summed E-state index contributed by atoms with van der Waals surface area (Å²) in [6, 6.07) is 2.57. The first kappa shape index (κ1) is 15.9. The summed E-state index contributed by atoms with van der Waals surface area (Å²) < 4.78 is 25.9. The van der Waals surface area contributed by atoms with Crippen LogP contribution in [0, 0.1) is 10.1 Å². The maximum absolute atomic E-state index is 11.5. The maximum atomic E-state index is 11.5. The number of nitro groups is 1. The maximum Gasteiger partial charge on any atom is 0.339 e. The molecule has 1 aromatic rings. The summed E-state index contributed by atoms with van der Waals surface area (Å²) in [4.78, 5) is 21.1. The van der Waals surface area contributed by atoms with Crippen molar-refractivity contribution in [3.8, 4) is 0 Å². The van der Waals surface area contributed by atoms with E-state index in [1.54, 1.807) is 0 Å². The topological polar surface area (TPSA) is 104 Å². The fourth-order valence-corrected chi connectivity index (χ4v) is 2.11. The summed E-state index contributed by atoms with van der Waals surface area (Å²) in [7, 11) is -1.37. The van der Waals surface area contributed by atoms with Crippen molar-refractivity contribution >= 4 is 39.3 Å². The smallest absolute Gasteiger partial charge is 0.339 e. The molecule has 0 saturated heterocycles. The number of ether oxygens (including phenoxy) is 1. The summed E-state index contributed by atoms with van der Waals surface area (Å²) in [5.41, 5.74) is 0.135. The third kappa shape index (κ3) is 3.90. The number of esters is 1. The number of benzene rings is 1. The Morgan fingerprint density at radius 1 is 1.45 bits per heavy atom. The van der Waals surface area contributed by atoms with E-state index in [-0.39, 0.29) is 21.7 Å². The van der Waals surface area contributed by atoms with Crippen LogP contribution in [0.5, 0.6) is 0 Å². The van der Waals surface area contributed by atoms with Crippen molar-refractivity contribution in [3.63, 3.8) is 0 Å². The molecule has 1 aromatic carbocycles. The van der Waals surface area contributed by atoms with Crippen molar-refractivity contribution in [1.29, 1.82) is 0 Å². The Labute approximate surface area is 120 Å². The number of methoxy groups -OCH3 is 1. The van der Waals surface area contributed by atoms with Crippen LogP contribution in [0.25, 0.3) is 6.08 Å². The summed E-state index contributed by atoms with van der Waals surface area (Å²) >= 11 is 5.96. The highest BCUT2D eigenvalue weighted by molar-refractivity contribution is 7.71. The van der Waals surface area contributed by atoms with Crippen LogP contribution < -0.4 is 0 Å². The van der Waals surface area contributed by atoms with E-state index in [9.17, 15) is 23.3 Å². The quantitative estimate of drug-likeness (QED) is 0.360. The van der Waals surface area contributed by atoms with Gasteiger partial charge in [0.1, 0.15) is 0 Å². The minimum Gasteiger partial charge on any atom is -0.465 e. The number of carbonyl (C=O) groups is 1. The molecule has 20 heavy (non-hydrogen) atoms. The van der Waals surface area contributed by atoms with Crippen molar-refractivity contribution < 1.29 is 22.9 Å². The standard InChI is InChI=1S/C11H8ClNO6S/c1-19-11(14)9-3-2-7(6-20(17)18)8(10(9)12)4-5-13(15)16/h2-6H,1H3. The van der Waals surface area contributed by atoms with Gasteiger partial charge < -0.3 is 4.74 Å². The number of hydrogen-bond acceptors (Lipinski definition) is 6. The van der Waals surface area contributed by atoms with Gasteiger partial charge in [-0.25, -0.2) is 4.79 Å². The highest BCUT2D eigenvalue weighted by atomic mass is 35.5. The van der Waals surface area contributed by atoms with Crippen LogP contribution in [0.1, 0.15) is 21.5 Å². The van der Waals surface area contributed by atoms with E-state index in [1.165, 1.54) is 12.1 Å². The van der Waals surface area contributed by atoms with Crippen LogP contribution in [0.4, 0.5) is 0 Å². The molecule has 0 spiro atoms. The largest absolute Gasteiger partial charge is 0.465 e. The van der Waals surface area contributed by atoms with E-state index < -0.39 is 21.2 Å². The molecule has 0 aliphatic carbocycles. The molecule has 0 fully saturated rings. The first-order chi connectivity index (χ1) is 9.36. The zero-order valence-electron chi connectivity index (χ0n) is 10.1. The highest BCUT2D eigenvalue weighted by Gasteiger charge is 2.16. The number of carbonyl (C=O) groups excluding carboxylic acids is 1. The number of hydrogen-bond donors (Lipinski definition) is 0. The van der Waals surface area contributed by atoms with E-state index in [1.807, 2.05) is 0 Å². The second-order valence-corrected chi connectivity index (χ2v) is 4.54. The minimum absolute atomic E-state index is 0.0222. The zero-order valence-corrected chi connectivity index (χ0v) is 11.6. The van der Waals surface area contributed by atoms with Crippen molar-refractivity contribution in [2.24, 2.45) is 0 Å². The summed E-state index contributed by atoms with van der Waals surface area (Å²) in [6.07, 6.45) is 1.60. The zero-order chi connectivity index (χ0) is 15.3. The van der Waals surface area contributed by atoms with Crippen LogP contribution in [-0.4, -0.2) is 31.8 Å². The molecule has 0 aromatic heterocycles. The average Bonchev–Trinajstić information content (AvgIpc) is 2.36. The van der Waals surface area contributed by atoms with Crippen LogP contribution in [0.2, 0.25) is 5.02 Å². The van der Waals surface area contributed by atoms with Crippen molar-refractivity contribution in [3.05, 3.63) is 50.2 Å². The molecule has 0 amide bonds. The molecule has 0 radical (unpaired) electrons. The van der Waals surface area contributed by atoms with Gasteiger partial charge in [0.25, 0.3) is 0 Å². The Kier molecular flexibility index (Phi) is 5.42. The lowest BCUT2D eigenvalue weighted by Crippen LogP contribution is -2.04. The molecule has 106 valence electrons. The molecule has 0 bridgehead atoms. The van der Waals surface area contributed by atoms with Gasteiger partial charge in [-0.1, -0.05) is 17.7 Å². The molecular weight excluding hydrogens is 310 g/mol. The molecular formula is C11H8ClNO6S. The van der Waals surface area contributed by atoms with Gasteiger partial charge in [-0.15, -0.1) is 0 Å². The third-order valence-corrected chi connectivity index (χ3v) is 3.06. The normalized spacial score (nSPS) is 10.3. The second kappa shape index (κ2) is 6.83. The van der Waals surface area contributed by atoms with Gasteiger partial charge in [0, 0.05) is 11.6 Å². The molecule has 7 nitrogen and oxygen atoms in total. The van der Waals surface area contributed by atoms with Gasteiger partial charge in [0.2, 0.25) is 16.5 Å². The summed E-state index contributed by atoms with van der Waals surface area (Å²) in [5.74, 6) is -0.736. The van der Waals surface area contributed by atoms with Gasteiger partial charge in [-0.2, -0.15) is 8.42 Å². The molecule has 0 atom stereocenters. The first-order valence-corrected chi connectivity index (χ1v) is 6.54. The van der Waals surface area contributed by atoms with Gasteiger partial charge in [-0.05, 0) is 11.6 Å².